The van der Waals surface area contributed by atoms with Crippen molar-refractivity contribution in [2.45, 2.75) is 18.5 Å². The minimum absolute atomic E-state index is 0.150. The normalized spacial score (nSPS) is 21.6. The van der Waals surface area contributed by atoms with Gasteiger partial charge in [0.1, 0.15) is 0 Å². The molecular formula is C14H11F3O2. The number of carbonyl (C=O) groups excluding carboxylic acids is 1. The summed E-state index contributed by atoms with van der Waals surface area (Å²) >= 11 is 0. The molecule has 0 heterocycles. The van der Waals surface area contributed by atoms with E-state index in [0.717, 1.165) is 6.07 Å². The summed E-state index contributed by atoms with van der Waals surface area (Å²) in [5.41, 5.74) is -0.537. The molecule has 0 aliphatic heterocycles. The Morgan fingerprint density at radius 2 is 2.11 bits per heavy atom. The van der Waals surface area contributed by atoms with Crippen LogP contribution in [-0.4, -0.2) is 12.6 Å². The van der Waals surface area contributed by atoms with E-state index in [2.05, 4.69) is 5.92 Å². The van der Waals surface area contributed by atoms with Gasteiger partial charge in [-0.3, -0.25) is 4.79 Å². The molecule has 1 fully saturated rings. The van der Waals surface area contributed by atoms with Crippen molar-refractivity contribution in [2.75, 3.05) is 6.61 Å². The van der Waals surface area contributed by atoms with Crippen LogP contribution in [-0.2, 0) is 15.7 Å². The quantitative estimate of drug-likeness (QED) is 0.622. The highest BCUT2D eigenvalue weighted by molar-refractivity contribution is 5.77. The molecule has 1 saturated carbocycles. The largest absolute Gasteiger partial charge is 0.452 e. The summed E-state index contributed by atoms with van der Waals surface area (Å²) in [6.07, 6.45) is 0.910. The van der Waals surface area contributed by atoms with Gasteiger partial charge < -0.3 is 4.74 Å². The van der Waals surface area contributed by atoms with E-state index in [1.807, 2.05) is 0 Å². The number of hydrogen-bond acceptors (Lipinski definition) is 2. The Morgan fingerprint density at radius 3 is 2.74 bits per heavy atom. The van der Waals surface area contributed by atoms with Crippen LogP contribution in [0.15, 0.2) is 24.3 Å². The number of terminal acetylenes is 1. The van der Waals surface area contributed by atoms with Crippen LogP contribution < -0.4 is 0 Å². The van der Waals surface area contributed by atoms with E-state index in [4.69, 9.17) is 11.2 Å². The van der Waals surface area contributed by atoms with E-state index in [9.17, 15) is 18.0 Å². The van der Waals surface area contributed by atoms with Crippen LogP contribution in [0.3, 0.4) is 0 Å². The summed E-state index contributed by atoms with van der Waals surface area (Å²) < 4.78 is 43.2. The highest BCUT2D eigenvalue weighted by Crippen LogP contribution is 2.51. The molecule has 1 aliphatic rings. The van der Waals surface area contributed by atoms with Gasteiger partial charge in [0.05, 0.1) is 11.5 Å². The van der Waals surface area contributed by atoms with Crippen molar-refractivity contribution < 1.29 is 22.7 Å². The summed E-state index contributed by atoms with van der Waals surface area (Å²) in [5, 5.41) is 0. The summed E-state index contributed by atoms with van der Waals surface area (Å²) in [7, 11) is 0. The third-order valence-electron chi connectivity index (χ3n) is 3.06. The Kier molecular flexibility index (Phi) is 3.52. The van der Waals surface area contributed by atoms with Gasteiger partial charge in [-0.15, -0.1) is 6.42 Å². The molecule has 2 rings (SSSR count). The molecule has 19 heavy (non-hydrogen) atoms. The lowest BCUT2D eigenvalue weighted by Gasteiger charge is -2.12. The van der Waals surface area contributed by atoms with Gasteiger partial charge in [0.15, 0.2) is 6.61 Å². The van der Waals surface area contributed by atoms with Gasteiger partial charge in [-0.2, -0.15) is 13.2 Å². The Hall–Kier alpha value is -1.96. The van der Waals surface area contributed by atoms with Crippen LogP contribution in [0.1, 0.15) is 23.5 Å². The van der Waals surface area contributed by atoms with Gasteiger partial charge in [-0.05, 0) is 24.0 Å². The van der Waals surface area contributed by atoms with Gasteiger partial charge in [0.2, 0.25) is 0 Å². The lowest BCUT2D eigenvalue weighted by molar-refractivity contribution is -0.144. The van der Waals surface area contributed by atoms with E-state index in [0.29, 0.717) is 6.42 Å². The number of ether oxygens (including phenoxy) is 1. The number of rotatable bonds is 3. The summed E-state index contributed by atoms with van der Waals surface area (Å²) in [4.78, 5) is 11.5. The third-order valence-corrected chi connectivity index (χ3v) is 3.06. The Balaban J connectivity index is 2.14. The zero-order chi connectivity index (χ0) is 14.0. The van der Waals surface area contributed by atoms with Crippen LogP contribution in [0.2, 0.25) is 0 Å². The van der Waals surface area contributed by atoms with Crippen molar-refractivity contribution in [2.24, 2.45) is 5.92 Å². The van der Waals surface area contributed by atoms with E-state index >= 15 is 0 Å². The van der Waals surface area contributed by atoms with Crippen molar-refractivity contribution in [3.05, 3.63) is 35.4 Å². The van der Waals surface area contributed by atoms with Crippen molar-refractivity contribution >= 4 is 5.97 Å². The fourth-order valence-corrected chi connectivity index (χ4v) is 2.10. The maximum Gasteiger partial charge on any atom is 0.416 e. The maximum atomic E-state index is 12.8. The first-order valence-electron chi connectivity index (χ1n) is 5.71. The number of carbonyl (C=O) groups is 1. The second kappa shape index (κ2) is 4.96. The molecule has 100 valence electrons. The van der Waals surface area contributed by atoms with Crippen molar-refractivity contribution in [1.29, 1.82) is 0 Å². The van der Waals surface area contributed by atoms with Crippen molar-refractivity contribution in [1.82, 2.24) is 0 Å². The Labute approximate surface area is 108 Å². The molecule has 0 radical (unpaired) electrons. The first kappa shape index (κ1) is 13.5. The SMILES string of the molecule is C#CCOC(=O)C1CC1c1ccccc1C(F)(F)F. The molecule has 0 amide bonds. The molecule has 0 saturated heterocycles. The Bertz CT molecular complexity index is 528. The van der Waals surface area contributed by atoms with Crippen molar-refractivity contribution in [3.8, 4) is 12.3 Å². The van der Waals surface area contributed by atoms with E-state index in [1.54, 1.807) is 0 Å². The van der Waals surface area contributed by atoms with E-state index in [-0.39, 0.29) is 12.2 Å². The first-order chi connectivity index (χ1) is 8.95. The molecule has 2 unspecified atom stereocenters. The molecule has 1 aromatic rings. The second-order valence-electron chi connectivity index (χ2n) is 4.35. The number of halogens is 3. The van der Waals surface area contributed by atoms with Crippen LogP contribution in [0.25, 0.3) is 0 Å². The predicted octanol–water partition coefficient (Wildman–Crippen LogP) is 2.99. The van der Waals surface area contributed by atoms with Crippen LogP contribution >= 0.6 is 0 Å². The Morgan fingerprint density at radius 1 is 1.42 bits per heavy atom. The van der Waals surface area contributed by atoms with Crippen molar-refractivity contribution in [3.63, 3.8) is 0 Å². The van der Waals surface area contributed by atoms with Gasteiger partial charge >= 0.3 is 12.1 Å². The molecule has 2 nitrogen and oxygen atoms in total. The lowest BCUT2D eigenvalue weighted by atomic mass is 10.0. The summed E-state index contributed by atoms with van der Waals surface area (Å²) in [6.45, 7) is -0.150. The molecule has 0 bridgehead atoms. The number of hydrogen-bond donors (Lipinski definition) is 0. The molecule has 2 atom stereocenters. The summed E-state index contributed by atoms with van der Waals surface area (Å²) in [6, 6.07) is 5.30. The smallest absolute Gasteiger partial charge is 0.416 e. The highest BCUT2D eigenvalue weighted by Gasteiger charge is 2.48. The number of benzene rings is 1. The fourth-order valence-electron chi connectivity index (χ4n) is 2.10. The molecule has 0 aromatic heterocycles. The van der Waals surface area contributed by atoms with Crippen LogP contribution in [0, 0.1) is 18.3 Å². The average Bonchev–Trinajstić information content (AvgIpc) is 3.15. The fraction of sp³-hybridized carbons (Fsp3) is 0.357. The molecule has 1 aliphatic carbocycles. The molecule has 5 heteroatoms. The third kappa shape index (κ3) is 2.90. The second-order valence-corrected chi connectivity index (χ2v) is 4.35. The van der Waals surface area contributed by atoms with Gasteiger partial charge in [-0.25, -0.2) is 0 Å². The average molecular weight is 268 g/mol. The minimum atomic E-state index is -4.41. The molecule has 1 aromatic carbocycles. The van der Waals surface area contributed by atoms with Gasteiger partial charge in [-0.1, -0.05) is 24.1 Å². The van der Waals surface area contributed by atoms with Crippen LogP contribution in [0.4, 0.5) is 13.2 Å². The zero-order valence-electron chi connectivity index (χ0n) is 9.91. The topological polar surface area (TPSA) is 26.3 Å². The maximum absolute atomic E-state index is 12.8. The van der Waals surface area contributed by atoms with Crippen LogP contribution in [0.5, 0.6) is 0 Å². The first-order valence-corrected chi connectivity index (χ1v) is 5.71. The van der Waals surface area contributed by atoms with E-state index in [1.165, 1.54) is 18.2 Å². The standard InChI is InChI=1S/C14H11F3O2/c1-2-7-19-13(18)11-8-10(11)9-5-3-4-6-12(9)14(15,16)17/h1,3-6,10-11H,7-8H2. The van der Waals surface area contributed by atoms with E-state index < -0.39 is 29.5 Å². The lowest BCUT2D eigenvalue weighted by Crippen LogP contribution is -2.11. The number of esters is 1. The molecule has 0 N–H and O–H groups in total. The van der Waals surface area contributed by atoms with Gasteiger partial charge in [0.25, 0.3) is 0 Å². The number of alkyl halides is 3. The summed E-state index contributed by atoms with van der Waals surface area (Å²) in [5.74, 6) is 0.676. The predicted molar refractivity (Wildman–Crippen MR) is 62.1 cm³/mol. The highest BCUT2D eigenvalue weighted by atomic mass is 19.4. The monoisotopic (exact) mass is 268 g/mol. The zero-order valence-corrected chi connectivity index (χ0v) is 9.91. The molecular weight excluding hydrogens is 257 g/mol. The molecule has 0 spiro atoms. The van der Waals surface area contributed by atoms with Gasteiger partial charge in [0, 0.05) is 0 Å². The minimum Gasteiger partial charge on any atom is -0.452 e.